The van der Waals surface area contributed by atoms with E-state index in [9.17, 15) is 0 Å². The van der Waals surface area contributed by atoms with Gasteiger partial charge in [-0.25, -0.2) is 0 Å². The van der Waals surface area contributed by atoms with Crippen LogP contribution in [-0.4, -0.2) is 45.4 Å². The number of aliphatic imine (C=N–C) groups is 1. The Bertz CT molecular complexity index is 492. The third-order valence-electron chi connectivity index (χ3n) is 4.36. The van der Waals surface area contributed by atoms with Gasteiger partial charge in [-0.15, -0.1) is 0 Å². The van der Waals surface area contributed by atoms with Crippen molar-refractivity contribution in [1.29, 1.82) is 0 Å². The lowest BCUT2D eigenvalue weighted by Gasteiger charge is -2.29. The fraction of sp³-hybridized carbons (Fsp3) is 0.611. The zero-order valence-corrected chi connectivity index (χ0v) is 14.8. The number of benzene rings is 1. The number of anilines is 1. The number of hydrogen-bond donors (Lipinski definition) is 2. The Labute approximate surface area is 140 Å². The zero-order valence-electron chi connectivity index (χ0n) is 14.8. The number of morpholine rings is 1. The Morgan fingerprint density at radius 1 is 1.17 bits per heavy atom. The van der Waals surface area contributed by atoms with Gasteiger partial charge in [0.1, 0.15) is 0 Å². The summed E-state index contributed by atoms with van der Waals surface area (Å²) in [5.41, 5.74) is 2.52. The topological polar surface area (TPSA) is 48.9 Å². The molecule has 0 aromatic heterocycles. The van der Waals surface area contributed by atoms with Gasteiger partial charge in [0.15, 0.2) is 5.96 Å². The van der Waals surface area contributed by atoms with Crippen molar-refractivity contribution in [3.8, 4) is 0 Å². The molecule has 0 spiro atoms. The van der Waals surface area contributed by atoms with Gasteiger partial charge in [-0.2, -0.15) is 0 Å². The third-order valence-corrected chi connectivity index (χ3v) is 4.36. The van der Waals surface area contributed by atoms with Crippen LogP contribution in [0, 0.1) is 5.92 Å². The molecule has 1 aliphatic rings. The number of rotatable bonds is 5. The molecule has 2 N–H and O–H groups in total. The highest BCUT2D eigenvalue weighted by Crippen LogP contribution is 2.16. The molecule has 0 amide bonds. The first-order valence-corrected chi connectivity index (χ1v) is 8.49. The molecule has 23 heavy (non-hydrogen) atoms. The molecule has 2 rings (SSSR count). The highest BCUT2D eigenvalue weighted by molar-refractivity contribution is 5.79. The first-order valence-electron chi connectivity index (χ1n) is 8.49. The summed E-state index contributed by atoms with van der Waals surface area (Å²) in [6.45, 7) is 10.9. The summed E-state index contributed by atoms with van der Waals surface area (Å²) in [5.74, 6) is 1.42. The van der Waals surface area contributed by atoms with Gasteiger partial charge in [0.05, 0.1) is 13.2 Å². The molecule has 0 saturated carbocycles. The smallest absolute Gasteiger partial charge is 0.191 e. The molecule has 0 aliphatic carbocycles. The number of ether oxygens (including phenoxy) is 1. The van der Waals surface area contributed by atoms with Crippen LogP contribution in [0.15, 0.2) is 29.3 Å². The minimum atomic E-state index is 0.393. The summed E-state index contributed by atoms with van der Waals surface area (Å²) >= 11 is 0. The molecular weight excluding hydrogens is 288 g/mol. The molecule has 1 aromatic rings. The quantitative estimate of drug-likeness (QED) is 0.646. The predicted octanol–water partition coefficient (Wildman–Crippen LogP) is 2.23. The molecule has 1 aromatic carbocycles. The van der Waals surface area contributed by atoms with E-state index in [2.05, 4.69) is 65.6 Å². The number of hydrogen-bond acceptors (Lipinski definition) is 3. The van der Waals surface area contributed by atoms with Crippen molar-refractivity contribution in [1.82, 2.24) is 10.6 Å². The molecule has 1 saturated heterocycles. The van der Waals surface area contributed by atoms with E-state index in [0.29, 0.717) is 12.0 Å². The van der Waals surface area contributed by atoms with E-state index < -0.39 is 0 Å². The molecule has 5 nitrogen and oxygen atoms in total. The monoisotopic (exact) mass is 318 g/mol. The Morgan fingerprint density at radius 3 is 2.39 bits per heavy atom. The molecule has 5 heteroatoms. The normalized spacial score (nSPS) is 17.3. The van der Waals surface area contributed by atoms with E-state index in [-0.39, 0.29) is 0 Å². The molecule has 128 valence electrons. The first kappa shape index (κ1) is 17.6. The Kier molecular flexibility index (Phi) is 6.71. The maximum atomic E-state index is 5.40. The molecule has 0 bridgehead atoms. The van der Waals surface area contributed by atoms with Crippen LogP contribution in [0.1, 0.15) is 26.3 Å². The minimum Gasteiger partial charge on any atom is -0.378 e. The lowest BCUT2D eigenvalue weighted by Crippen LogP contribution is -2.43. The van der Waals surface area contributed by atoms with Crippen LogP contribution in [-0.2, 0) is 11.3 Å². The lowest BCUT2D eigenvalue weighted by molar-refractivity contribution is 0.122. The van der Waals surface area contributed by atoms with Crippen molar-refractivity contribution in [2.24, 2.45) is 10.9 Å². The average molecular weight is 318 g/mol. The van der Waals surface area contributed by atoms with Crippen LogP contribution in [0.3, 0.4) is 0 Å². The van der Waals surface area contributed by atoms with Crippen LogP contribution in [0.4, 0.5) is 5.69 Å². The van der Waals surface area contributed by atoms with E-state index in [1.165, 1.54) is 11.3 Å². The van der Waals surface area contributed by atoms with Crippen molar-refractivity contribution in [3.63, 3.8) is 0 Å². The highest BCUT2D eigenvalue weighted by Gasteiger charge is 2.11. The van der Waals surface area contributed by atoms with Crippen LogP contribution in [0.2, 0.25) is 0 Å². The second-order valence-electron chi connectivity index (χ2n) is 6.37. The van der Waals surface area contributed by atoms with Crippen LogP contribution in [0.5, 0.6) is 0 Å². The van der Waals surface area contributed by atoms with Gasteiger partial charge in [0, 0.05) is 38.4 Å². The lowest BCUT2D eigenvalue weighted by atomic mass is 10.1. The van der Waals surface area contributed by atoms with E-state index in [1.54, 1.807) is 0 Å². The maximum absolute atomic E-state index is 5.40. The van der Waals surface area contributed by atoms with E-state index in [0.717, 1.165) is 38.8 Å². The molecule has 1 unspecified atom stereocenters. The SMILES string of the molecule is CN=C(NCc1ccc(N2CCOCC2)cc1)NC(C)C(C)C. The number of nitrogens with one attached hydrogen (secondary N) is 2. The standard InChI is InChI=1S/C18H30N4O/c1-14(2)15(3)21-18(19-4)20-13-16-5-7-17(8-6-16)22-9-11-23-12-10-22/h5-8,14-15H,9-13H2,1-4H3,(H2,19,20,21). The Morgan fingerprint density at radius 2 is 1.83 bits per heavy atom. The first-order chi connectivity index (χ1) is 11.1. The second kappa shape index (κ2) is 8.77. The number of nitrogens with zero attached hydrogens (tertiary/aromatic N) is 2. The molecule has 0 radical (unpaired) electrons. The molecule has 1 aliphatic heterocycles. The van der Waals surface area contributed by atoms with E-state index in [1.807, 2.05) is 7.05 Å². The van der Waals surface area contributed by atoms with E-state index >= 15 is 0 Å². The summed E-state index contributed by atoms with van der Waals surface area (Å²) in [7, 11) is 1.81. The van der Waals surface area contributed by atoms with Crippen LogP contribution in [0.25, 0.3) is 0 Å². The van der Waals surface area contributed by atoms with Crippen molar-refractivity contribution in [2.45, 2.75) is 33.4 Å². The van der Waals surface area contributed by atoms with Gasteiger partial charge in [0.25, 0.3) is 0 Å². The highest BCUT2D eigenvalue weighted by atomic mass is 16.5. The fourth-order valence-electron chi connectivity index (χ4n) is 2.41. The largest absolute Gasteiger partial charge is 0.378 e. The molecule has 1 atom stereocenters. The minimum absolute atomic E-state index is 0.393. The summed E-state index contributed by atoms with van der Waals surface area (Å²) in [5, 5.41) is 6.79. The van der Waals surface area contributed by atoms with Gasteiger partial charge in [-0.3, -0.25) is 4.99 Å². The fourth-order valence-corrected chi connectivity index (χ4v) is 2.41. The zero-order chi connectivity index (χ0) is 16.7. The van der Waals surface area contributed by atoms with Crippen molar-refractivity contribution < 1.29 is 4.74 Å². The molecule has 1 fully saturated rings. The summed E-state index contributed by atoms with van der Waals surface area (Å²) < 4.78 is 5.40. The summed E-state index contributed by atoms with van der Waals surface area (Å²) in [4.78, 5) is 6.66. The van der Waals surface area contributed by atoms with Crippen molar-refractivity contribution in [2.75, 3.05) is 38.3 Å². The predicted molar refractivity (Wildman–Crippen MR) is 97.1 cm³/mol. The third kappa shape index (κ3) is 5.43. The average Bonchev–Trinajstić information content (AvgIpc) is 2.59. The maximum Gasteiger partial charge on any atom is 0.191 e. The Hall–Kier alpha value is -1.75. The summed E-state index contributed by atoms with van der Waals surface area (Å²) in [6, 6.07) is 9.13. The van der Waals surface area contributed by atoms with Crippen LogP contribution < -0.4 is 15.5 Å². The second-order valence-corrected chi connectivity index (χ2v) is 6.37. The van der Waals surface area contributed by atoms with Crippen molar-refractivity contribution >= 4 is 11.6 Å². The molecular formula is C18H30N4O. The van der Waals surface area contributed by atoms with Crippen LogP contribution >= 0.6 is 0 Å². The Balaban J connectivity index is 1.85. The van der Waals surface area contributed by atoms with Crippen molar-refractivity contribution in [3.05, 3.63) is 29.8 Å². The van der Waals surface area contributed by atoms with Gasteiger partial charge >= 0.3 is 0 Å². The van der Waals surface area contributed by atoms with Gasteiger partial charge in [-0.1, -0.05) is 26.0 Å². The number of guanidine groups is 1. The van der Waals surface area contributed by atoms with Gasteiger partial charge in [-0.05, 0) is 30.5 Å². The van der Waals surface area contributed by atoms with E-state index in [4.69, 9.17) is 4.74 Å². The summed E-state index contributed by atoms with van der Waals surface area (Å²) in [6.07, 6.45) is 0. The van der Waals surface area contributed by atoms with Gasteiger partial charge < -0.3 is 20.3 Å². The van der Waals surface area contributed by atoms with Gasteiger partial charge in [0.2, 0.25) is 0 Å². The molecule has 1 heterocycles.